The number of hydrogen-bond donors (Lipinski definition) is 2. The molecule has 2 amide bonds. The highest BCUT2D eigenvalue weighted by atomic mass is 35.5. The first-order chi connectivity index (χ1) is 9.44. The lowest BCUT2D eigenvalue weighted by atomic mass is 10.1. The molecule has 2 rings (SSSR count). The molecule has 1 heterocycles. The zero-order chi connectivity index (χ0) is 14.7. The van der Waals surface area contributed by atoms with Gasteiger partial charge in [-0.1, -0.05) is 17.7 Å². The zero-order valence-electron chi connectivity index (χ0n) is 11.7. The first-order valence-corrected chi connectivity index (χ1v) is 7.54. The SMILES string of the molecule is Cc1cc(C)cc(NC(=O)N[C@H](C)c2ccc(Cl)s2)c1. The van der Waals surface area contributed by atoms with Crippen molar-refractivity contribution in [2.24, 2.45) is 0 Å². The smallest absolute Gasteiger partial charge is 0.319 e. The number of carbonyl (C=O) groups excluding carboxylic acids is 1. The number of aryl methyl sites for hydroxylation is 2. The van der Waals surface area contributed by atoms with Crippen LogP contribution in [-0.4, -0.2) is 6.03 Å². The summed E-state index contributed by atoms with van der Waals surface area (Å²) < 4.78 is 0.725. The van der Waals surface area contributed by atoms with Crippen molar-refractivity contribution >= 4 is 34.7 Å². The fraction of sp³-hybridized carbons (Fsp3) is 0.267. The van der Waals surface area contributed by atoms with Gasteiger partial charge in [-0.25, -0.2) is 4.79 Å². The number of anilines is 1. The number of carbonyl (C=O) groups is 1. The minimum atomic E-state index is -0.216. The summed E-state index contributed by atoms with van der Waals surface area (Å²) in [5, 5.41) is 5.75. The van der Waals surface area contributed by atoms with Gasteiger partial charge in [0.05, 0.1) is 10.4 Å². The molecule has 0 aliphatic carbocycles. The van der Waals surface area contributed by atoms with Gasteiger partial charge in [0.1, 0.15) is 0 Å². The molecule has 20 heavy (non-hydrogen) atoms. The zero-order valence-corrected chi connectivity index (χ0v) is 13.2. The Labute approximate surface area is 128 Å². The molecule has 0 saturated carbocycles. The fourth-order valence-corrected chi connectivity index (χ4v) is 3.11. The van der Waals surface area contributed by atoms with Gasteiger partial charge in [-0.3, -0.25) is 0 Å². The Balaban J connectivity index is 1.98. The van der Waals surface area contributed by atoms with E-state index in [9.17, 15) is 4.79 Å². The lowest BCUT2D eigenvalue weighted by Gasteiger charge is -2.14. The molecule has 5 heteroatoms. The van der Waals surface area contributed by atoms with Crippen LogP contribution in [0.5, 0.6) is 0 Å². The summed E-state index contributed by atoms with van der Waals surface area (Å²) in [4.78, 5) is 13.0. The van der Waals surface area contributed by atoms with Crippen LogP contribution in [0.1, 0.15) is 29.0 Å². The second-order valence-corrected chi connectivity index (χ2v) is 6.59. The normalized spacial score (nSPS) is 12.0. The molecule has 1 atom stereocenters. The Bertz CT molecular complexity index is 604. The number of hydrogen-bond acceptors (Lipinski definition) is 2. The Hall–Kier alpha value is -1.52. The van der Waals surface area contributed by atoms with E-state index in [0.717, 1.165) is 26.0 Å². The van der Waals surface area contributed by atoms with E-state index in [1.165, 1.54) is 11.3 Å². The van der Waals surface area contributed by atoms with E-state index in [4.69, 9.17) is 11.6 Å². The molecule has 0 bridgehead atoms. The Morgan fingerprint density at radius 2 is 1.85 bits per heavy atom. The van der Waals surface area contributed by atoms with Crippen LogP contribution in [0.4, 0.5) is 10.5 Å². The van der Waals surface area contributed by atoms with Gasteiger partial charge in [-0.2, -0.15) is 0 Å². The van der Waals surface area contributed by atoms with Crippen LogP contribution in [0, 0.1) is 13.8 Å². The summed E-state index contributed by atoms with van der Waals surface area (Å²) in [6.45, 7) is 5.95. The summed E-state index contributed by atoms with van der Waals surface area (Å²) in [6.07, 6.45) is 0. The van der Waals surface area contributed by atoms with E-state index in [-0.39, 0.29) is 12.1 Å². The minimum absolute atomic E-state index is 0.0709. The standard InChI is InChI=1S/C15H17ClN2OS/c1-9-6-10(2)8-12(7-9)18-15(19)17-11(3)13-4-5-14(16)20-13/h4-8,11H,1-3H3,(H2,17,18,19)/t11-/m1/s1. The molecule has 0 aliphatic heterocycles. The van der Waals surface area contributed by atoms with Crippen LogP contribution >= 0.6 is 22.9 Å². The summed E-state index contributed by atoms with van der Waals surface area (Å²) >= 11 is 7.37. The van der Waals surface area contributed by atoms with Gasteiger partial charge >= 0.3 is 6.03 Å². The second kappa shape index (κ2) is 6.29. The van der Waals surface area contributed by atoms with Crippen molar-refractivity contribution in [3.8, 4) is 0 Å². The number of urea groups is 1. The van der Waals surface area contributed by atoms with Crippen LogP contribution in [0.25, 0.3) is 0 Å². The van der Waals surface area contributed by atoms with Crippen LogP contribution in [0.3, 0.4) is 0 Å². The van der Waals surface area contributed by atoms with Crippen molar-refractivity contribution < 1.29 is 4.79 Å². The maximum atomic E-state index is 12.0. The van der Waals surface area contributed by atoms with Crippen molar-refractivity contribution in [2.75, 3.05) is 5.32 Å². The molecule has 2 aromatic rings. The molecule has 0 spiro atoms. The number of benzene rings is 1. The number of rotatable bonds is 3. The highest BCUT2D eigenvalue weighted by molar-refractivity contribution is 7.16. The molecule has 0 radical (unpaired) electrons. The van der Waals surface area contributed by atoms with Gasteiger partial charge < -0.3 is 10.6 Å². The summed E-state index contributed by atoms with van der Waals surface area (Å²) in [7, 11) is 0. The Morgan fingerprint density at radius 3 is 2.40 bits per heavy atom. The van der Waals surface area contributed by atoms with Gasteiger partial charge in [0.25, 0.3) is 0 Å². The summed E-state index contributed by atoms with van der Waals surface area (Å²) in [5.74, 6) is 0. The van der Waals surface area contributed by atoms with Crippen molar-refractivity contribution in [2.45, 2.75) is 26.8 Å². The highest BCUT2D eigenvalue weighted by Crippen LogP contribution is 2.26. The fourth-order valence-electron chi connectivity index (χ4n) is 2.04. The van der Waals surface area contributed by atoms with E-state index >= 15 is 0 Å². The molecule has 0 saturated heterocycles. The van der Waals surface area contributed by atoms with Gasteiger partial charge in [0, 0.05) is 10.6 Å². The molecular formula is C15H17ClN2OS. The summed E-state index contributed by atoms with van der Waals surface area (Å²) in [6, 6.07) is 9.43. The monoisotopic (exact) mass is 308 g/mol. The molecule has 3 nitrogen and oxygen atoms in total. The molecule has 0 aliphatic rings. The van der Waals surface area contributed by atoms with Crippen molar-refractivity contribution in [1.82, 2.24) is 5.32 Å². The number of nitrogens with one attached hydrogen (secondary N) is 2. The largest absolute Gasteiger partial charge is 0.331 e. The predicted molar refractivity (Wildman–Crippen MR) is 85.8 cm³/mol. The van der Waals surface area contributed by atoms with E-state index < -0.39 is 0 Å². The third-order valence-corrected chi connectivity index (χ3v) is 4.26. The molecule has 0 fully saturated rings. The van der Waals surface area contributed by atoms with Gasteiger partial charge in [0.2, 0.25) is 0 Å². The van der Waals surface area contributed by atoms with Crippen LogP contribution in [-0.2, 0) is 0 Å². The quantitative estimate of drug-likeness (QED) is 0.832. The number of thiophene rings is 1. The molecular weight excluding hydrogens is 292 g/mol. The third-order valence-electron chi connectivity index (χ3n) is 2.85. The van der Waals surface area contributed by atoms with Crippen LogP contribution in [0.15, 0.2) is 30.3 Å². The van der Waals surface area contributed by atoms with E-state index in [0.29, 0.717) is 0 Å². The van der Waals surface area contributed by atoms with Crippen molar-refractivity contribution in [3.05, 3.63) is 50.7 Å². The summed E-state index contributed by atoms with van der Waals surface area (Å²) in [5.41, 5.74) is 3.05. The lowest BCUT2D eigenvalue weighted by molar-refractivity contribution is 0.249. The van der Waals surface area contributed by atoms with E-state index in [1.807, 2.05) is 45.0 Å². The molecule has 1 aromatic carbocycles. The second-order valence-electron chi connectivity index (χ2n) is 4.84. The maximum Gasteiger partial charge on any atom is 0.319 e. The predicted octanol–water partition coefficient (Wildman–Crippen LogP) is 4.90. The molecule has 106 valence electrons. The van der Waals surface area contributed by atoms with Crippen LogP contribution in [0.2, 0.25) is 4.34 Å². The van der Waals surface area contributed by atoms with Crippen molar-refractivity contribution in [1.29, 1.82) is 0 Å². The minimum Gasteiger partial charge on any atom is -0.331 e. The van der Waals surface area contributed by atoms with E-state index in [1.54, 1.807) is 0 Å². The molecule has 2 N–H and O–H groups in total. The van der Waals surface area contributed by atoms with E-state index in [2.05, 4.69) is 16.7 Å². The average Bonchev–Trinajstić information content (AvgIpc) is 2.74. The van der Waals surface area contributed by atoms with Gasteiger partial charge in [0.15, 0.2) is 0 Å². The maximum absolute atomic E-state index is 12.0. The van der Waals surface area contributed by atoms with Crippen LogP contribution < -0.4 is 10.6 Å². The molecule has 0 unspecified atom stereocenters. The Kier molecular flexibility index (Phi) is 4.68. The topological polar surface area (TPSA) is 41.1 Å². The van der Waals surface area contributed by atoms with Gasteiger partial charge in [-0.15, -0.1) is 11.3 Å². The Morgan fingerprint density at radius 1 is 1.20 bits per heavy atom. The number of halogens is 1. The number of amides is 2. The first kappa shape index (κ1) is 14.9. The first-order valence-electron chi connectivity index (χ1n) is 6.35. The van der Waals surface area contributed by atoms with Gasteiger partial charge in [-0.05, 0) is 56.2 Å². The lowest BCUT2D eigenvalue weighted by Crippen LogP contribution is -2.30. The van der Waals surface area contributed by atoms with Crippen molar-refractivity contribution in [3.63, 3.8) is 0 Å². The molecule has 1 aromatic heterocycles. The highest BCUT2D eigenvalue weighted by Gasteiger charge is 2.11. The average molecular weight is 309 g/mol. The third kappa shape index (κ3) is 3.99.